The lowest BCUT2D eigenvalue weighted by atomic mass is 10.1. The van der Waals surface area contributed by atoms with E-state index in [1.807, 2.05) is 12.4 Å². The average molecular weight is 310 g/mol. The highest BCUT2D eigenvalue weighted by molar-refractivity contribution is 7.90. The van der Waals surface area contributed by atoms with Gasteiger partial charge in [-0.1, -0.05) is 6.92 Å². The van der Waals surface area contributed by atoms with Crippen molar-refractivity contribution in [2.75, 3.05) is 18.0 Å². The Hall–Kier alpha value is -1.21. The summed E-state index contributed by atoms with van der Waals surface area (Å²) in [4.78, 5) is 10.9. The number of aromatic nitrogens is 2. The van der Waals surface area contributed by atoms with Crippen molar-refractivity contribution in [2.24, 2.45) is 0 Å². The number of anilines is 1. The molecule has 0 radical (unpaired) electrons. The molecule has 1 saturated heterocycles. The Morgan fingerprint density at radius 1 is 1.19 bits per heavy atom. The molecule has 116 valence electrons. The zero-order valence-electron chi connectivity index (χ0n) is 12.3. The maximum atomic E-state index is 11.9. The molecule has 2 aliphatic rings. The first-order valence-corrected chi connectivity index (χ1v) is 9.20. The van der Waals surface area contributed by atoms with Crippen molar-refractivity contribution in [1.29, 1.82) is 0 Å². The van der Waals surface area contributed by atoms with Crippen molar-refractivity contribution in [3.63, 3.8) is 0 Å². The van der Waals surface area contributed by atoms with Crippen LogP contribution in [0.3, 0.4) is 0 Å². The topological polar surface area (TPSA) is 75.2 Å². The Kier molecular flexibility index (Phi) is 4.12. The van der Waals surface area contributed by atoms with E-state index in [1.54, 1.807) is 0 Å². The van der Waals surface area contributed by atoms with Gasteiger partial charge >= 0.3 is 0 Å². The average Bonchev–Trinajstić information content (AvgIpc) is 3.33. The number of nitrogens with one attached hydrogen (secondary N) is 1. The van der Waals surface area contributed by atoms with Crippen LogP contribution < -0.4 is 9.62 Å². The minimum absolute atomic E-state index is 0.0572. The zero-order chi connectivity index (χ0) is 14.9. The first-order valence-electron chi connectivity index (χ1n) is 7.65. The van der Waals surface area contributed by atoms with Crippen LogP contribution in [0.4, 0.5) is 5.95 Å². The fraction of sp³-hybridized carbons (Fsp3) is 0.714. The number of aryl methyl sites for hydroxylation is 1. The molecule has 21 heavy (non-hydrogen) atoms. The lowest BCUT2D eigenvalue weighted by Gasteiger charge is -2.32. The molecule has 3 rings (SSSR count). The van der Waals surface area contributed by atoms with E-state index in [9.17, 15) is 8.42 Å². The Balaban J connectivity index is 1.54. The predicted octanol–water partition coefficient (Wildman–Crippen LogP) is 1.09. The van der Waals surface area contributed by atoms with Gasteiger partial charge in [-0.25, -0.2) is 23.1 Å². The number of nitrogens with zero attached hydrogens (tertiary/aromatic N) is 3. The zero-order valence-corrected chi connectivity index (χ0v) is 13.1. The van der Waals surface area contributed by atoms with E-state index in [0.29, 0.717) is 0 Å². The van der Waals surface area contributed by atoms with Crippen LogP contribution in [-0.4, -0.2) is 42.8 Å². The van der Waals surface area contributed by atoms with Gasteiger partial charge in [0.1, 0.15) is 0 Å². The lowest BCUT2D eigenvalue weighted by molar-refractivity contribution is 0.456. The minimum Gasteiger partial charge on any atom is -0.341 e. The van der Waals surface area contributed by atoms with Crippen LogP contribution in [0.5, 0.6) is 0 Å². The second kappa shape index (κ2) is 5.88. The quantitative estimate of drug-likeness (QED) is 0.881. The van der Waals surface area contributed by atoms with E-state index in [1.165, 1.54) is 0 Å². The van der Waals surface area contributed by atoms with Crippen LogP contribution in [0.25, 0.3) is 0 Å². The van der Waals surface area contributed by atoms with Crippen LogP contribution in [0.1, 0.15) is 38.2 Å². The molecule has 2 fully saturated rings. The van der Waals surface area contributed by atoms with Crippen molar-refractivity contribution >= 4 is 16.0 Å². The van der Waals surface area contributed by atoms with Crippen LogP contribution in [0.15, 0.2) is 12.4 Å². The van der Waals surface area contributed by atoms with E-state index in [0.717, 1.165) is 56.7 Å². The highest BCUT2D eigenvalue weighted by Crippen LogP contribution is 2.28. The second-order valence-corrected chi connectivity index (χ2v) is 7.86. The molecule has 1 aliphatic heterocycles. The molecule has 0 aromatic carbocycles. The maximum Gasteiger partial charge on any atom is 0.225 e. The van der Waals surface area contributed by atoms with Crippen molar-refractivity contribution in [1.82, 2.24) is 14.7 Å². The smallest absolute Gasteiger partial charge is 0.225 e. The number of piperidine rings is 1. The Labute approximate surface area is 126 Å². The standard InChI is InChI=1S/C14H22N4O2S/c1-2-11-9-15-14(16-10-11)18-7-5-12(6-8-18)17-21(19,20)13-3-4-13/h9-10,12-13,17H,2-8H2,1H3. The molecule has 1 aliphatic carbocycles. The molecule has 0 spiro atoms. The summed E-state index contributed by atoms with van der Waals surface area (Å²) in [6.07, 6.45) is 7.91. The van der Waals surface area contributed by atoms with E-state index >= 15 is 0 Å². The normalized spacial score (nSPS) is 20.7. The van der Waals surface area contributed by atoms with Crippen LogP contribution >= 0.6 is 0 Å². The van der Waals surface area contributed by atoms with E-state index in [4.69, 9.17) is 0 Å². The van der Waals surface area contributed by atoms with Gasteiger partial charge in [0.05, 0.1) is 5.25 Å². The molecule has 0 amide bonds. The summed E-state index contributed by atoms with van der Waals surface area (Å²) in [5.74, 6) is 0.746. The van der Waals surface area contributed by atoms with Gasteiger partial charge in [-0.3, -0.25) is 0 Å². The highest BCUT2D eigenvalue weighted by Gasteiger charge is 2.37. The Morgan fingerprint density at radius 3 is 2.33 bits per heavy atom. The number of rotatable bonds is 5. The number of hydrogen-bond donors (Lipinski definition) is 1. The molecule has 6 nitrogen and oxygen atoms in total. The Bertz CT molecular complexity index is 575. The van der Waals surface area contributed by atoms with Gasteiger partial charge < -0.3 is 4.90 Å². The molecule has 1 N–H and O–H groups in total. The van der Waals surface area contributed by atoms with Crippen molar-refractivity contribution in [3.05, 3.63) is 18.0 Å². The summed E-state index contributed by atoms with van der Waals surface area (Å²) in [5.41, 5.74) is 1.13. The van der Waals surface area contributed by atoms with Gasteiger partial charge in [-0.2, -0.15) is 0 Å². The maximum absolute atomic E-state index is 11.9. The van der Waals surface area contributed by atoms with Crippen LogP contribution in [0, 0.1) is 0 Å². The summed E-state index contributed by atoms with van der Waals surface area (Å²) < 4.78 is 26.7. The third-order valence-corrected chi connectivity index (χ3v) is 6.18. The molecule has 2 heterocycles. The molecule has 7 heteroatoms. The van der Waals surface area contributed by atoms with Gasteiger partial charge in [-0.05, 0) is 37.7 Å². The largest absolute Gasteiger partial charge is 0.341 e. The first-order chi connectivity index (χ1) is 10.1. The summed E-state index contributed by atoms with van der Waals surface area (Å²) in [5, 5.41) is -0.138. The summed E-state index contributed by atoms with van der Waals surface area (Å²) in [6.45, 7) is 3.67. The molecule has 0 unspecified atom stereocenters. The van der Waals surface area contributed by atoms with Crippen molar-refractivity contribution < 1.29 is 8.42 Å². The minimum atomic E-state index is -3.08. The van der Waals surface area contributed by atoms with Gasteiger partial charge in [-0.15, -0.1) is 0 Å². The first kappa shape index (κ1) is 14.7. The van der Waals surface area contributed by atoms with Crippen LogP contribution in [0.2, 0.25) is 0 Å². The van der Waals surface area contributed by atoms with Gasteiger partial charge in [0.2, 0.25) is 16.0 Å². The second-order valence-electron chi connectivity index (χ2n) is 5.87. The number of sulfonamides is 1. The lowest BCUT2D eigenvalue weighted by Crippen LogP contribution is -2.46. The van der Waals surface area contributed by atoms with E-state index < -0.39 is 10.0 Å². The van der Waals surface area contributed by atoms with Crippen molar-refractivity contribution in [3.8, 4) is 0 Å². The van der Waals surface area contributed by atoms with Crippen LogP contribution in [-0.2, 0) is 16.4 Å². The van der Waals surface area contributed by atoms with Gasteiger partial charge in [0.25, 0.3) is 0 Å². The van der Waals surface area contributed by atoms with Gasteiger partial charge in [0, 0.05) is 31.5 Å². The third kappa shape index (κ3) is 3.52. The fourth-order valence-electron chi connectivity index (χ4n) is 2.60. The van der Waals surface area contributed by atoms with Crippen molar-refractivity contribution in [2.45, 2.75) is 50.3 Å². The molecule has 1 aromatic heterocycles. The summed E-state index contributed by atoms with van der Waals surface area (Å²) >= 11 is 0. The third-order valence-electron chi connectivity index (χ3n) is 4.17. The van der Waals surface area contributed by atoms with E-state index in [-0.39, 0.29) is 11.3 Å². The summed E-state index contributed by atoms with van der Waals surface area (Å²) in [6, 6.07) is 0.0572. The van der Waals surface area contributed by atoms with Gasteiger partial charge in [0.15, 0.2) is 0 Å². The molecular formula is C14H22N4O2S. The highest BCUT2D eigenvalue weighted by atomic mass is 32.2. The molecule has 1 saturated carbocycles. The number of hydrogen-bond acceptors (Lipinski definition) is 5. The molecule has 0 bridgehead atoms. The Morgan fingerprint density at radius 2 is 1.81 bits per heavy atom. The molecule has 0 atom stereocenters. The summed E-state index contributed by atoms with van der Waals surface area (Å²) in [7, 11) is -3.08. The molecule has 1 aromatic rings. The SMILES string of the molecule is CCc1cnc(N2CCC(NS(=O)(=O)C3CC3)CC2)nc1. The van der Waals surface area contributed by atoms with E-state index in [2.05, 4.69) is 26.5 Å². The molecular weight excluding hydrogens is 288 g/mol. The predicted molar refractivity (Wildman–Crippen MR) is 81.7 cm³/mol. The fourth-order valence-corrected chi connectivity index (χ4v) is 4.25. The monoisotopic (exact) mass is 310 g/mol.